The summed E-state index contributed by atoms with van der Waals surface area (Å²) in [4.78, 5) is 50.1. The highest BCUT2D eigenvalue weighted by molar-refractivity contribution is 9.11. The van der Waals surface area contributed by atoms with E-state index in [2.05, 4.69) is 42.5 Å². The Morgan fingerprint density at radius 1 is 1.11 bits per heavy atom. The van der Waals surface area contributed by atoms with Gasteiger partial charge >= 0.3 is 12.0 Å². The average molecular weight is 609 g/mol. The summed E-state index contributed by atoms with van der Waals surface area (Å²) in [6.07, 6.45) is 2.21. The van der Waals surface area contributed by atoms with Crippen LogP contribution in [0.5, 0.6) is 5.75 Å². The zero-order chi connectivity index (χ0) is 25.5. The molecule has 2 aromatic carbocycles. The van der Waals surface area contributed by atoms with Gasteiger partial charge in [0.1, 0.15) is 18.0 Å². The van der Waals surface area contributed by atoms with Gasteiger partial charge in [-0.25, -0.2) is 14.5 Å². The fraction of sp³-hybridized carbons (Fsp3) is 0.250. The van der Waals surface area contributed by atoms with Crippen molar-refractivity contribution in [3.63, 3.8) is 0 Å². The Hall–Kier alpha value is -3.18. The Bertz CT molecular complexity index is 1170. The molecule has 0 radical (unpaired) electrons. The quantitative estimate of drug-likeness (QED) is 0.250. The normalized spacial score (nSPS) is 14.2. The first-order valence-corrected chi connectivity index (χ1v) is 12.3. The second kappa shape index (κ2) is 12.0. The molecule has 35 heavy (non-hydrogen) atoms. The lowest BCUT2D eigenvalue weighted by Crippen LogP contribution is -2.38. The summed E-state index contributed by atoms with van der Waals surface area (Å²) in [5.74, 6) is -1.22. The molecule has 9 nitrogen and oxygen atoms in total. The Labute approximate surface area is 219 Å². The zero-order valence-electron chi connectivity index (χ0n) is 19.0. The van der Waals surface area contributed by atoms with Gasteiger partial charge in [0.05, 0.1) is 15.6 Å². The van der Waals surface area contributed by atoms with E-state index in [9.17, 15) is 19.2 Å². The number of nitrogens with zero attached hydrogens (tertiary/aromatic N) is 1. The second-order valence-electron chi connectivity index (χ2n) is 7.35. The molecule has 184 valence electrons. The van der Waals surface area contributed by atoms with Crippen LogP contribution in [0.4, 0.5) is 10.5 Å². The molecule has 11 heteroatoms. The number of carbonyl (C=O) groups is 4. The first-order valence-electron chi connectivity index (χ1n) is 10.7. The molecule has 0 atom stereocenters. The maximum Gasteiger partial charge on any atom is 0.344 e. The molecule has 1 aliphatic heterocycles. The van der Waals surface area contributed by atoms with Crippen LogP contribution in [0.2, 0.25) is 0 Å². The molecule has 2 N–H and O–H groups in total. The van der Waals surface area contributed by atoms with E-state index >= 15 is 0 Å². The number of anilines is 1. The molecule has 0 aliphatic carbocycles. The first-order chi connectivity index (χ1) is 16.7. The van der Waals surface area contributed by atoms with Crippen LogP contribution in [0.1, 0.15) is 25.0 Å². The number of esters is 1. The molecule has 0 saturated carbocycles. The molecule has 1 aliphatic rings. The summed E-state index contributed by atoms with van der Waals surface area (Å²) in [6.45, 7) is 3.23. The lowest BCUT2D eigenvalue weighted by Gasteiger charge is -2.13. The Kier molecular flexibility index (Phi) is 9.05. The number of para-hydroxylation sites is 1. The monoisotopic (exact) mass is 607 g/mol. The number of nitrogens with one attached hydrogen (secondary N) is 2. The van der Waals surface area contributed by atoms with Gasteiger partial charge in [-0.2, -0.15) is 0 Å². The van der Waals surface area contributed by atoms with Crippen molar-refractivity contribution in [1.82, 2.24) is 10.2 Å². The molecule has 0 aromatic heterocycles. The van der Waals surface area contributed by atoms with E-state index in [1.54, 1.807) is 31.2 Å². The predicted molar refractivity (Wildman–Crippen MR) is 137 cm³/mol. The highest BCUT2D eigenvalue weighted by Gasteiger charge is 2.35. The minimum absolute atomic E-state index is 0.0238. The average Bonchev–Trinajstić information content (AvgIpc) is 3.06. The summed E-state index contributed by atoms with van der Waals surface area (Å²) in [6, 6.07) is 9.97. The van der Waals surface area contributed by atoms with Crippen molar-refractivity contribution < 1.29 is 28.7 Å². The molecular weight excluding hydrogens is 586 g/mol. The van der Waals surface area contributed by atoms with Crippen LogP contribution in [0.15, 0.2) is 51.0 Å². The summed E-state index contributed by atoms with van der Waals surface area (Å²) >= 11 is 6.76. The number of aryl methyl sites for hydroxylation is 1. The van der Waals surface area contributed by atoms with Crippen LogP contribution in [-0.4, -0.2) is 48.5 Å². The van der Waals surface area contributed by atoms with Crippen molar-refractivity contribution in [3.8, 4) is 5.75 Å². The fourth-order valence-corrected chi connectivity index (χ4v) is 4.75. The SMILES string of the molecule is CCOC(=O)COc1c(Br)cc(/C=C2/NC(=O)N(CC(=O)Nc3ccccc3CC)C2=O)cc1Br. The first kappa shape index (κ1) is 26.4. The van der Waals surface area contributed by atoms with Gasteiger partial charge in [0.15, 0.2) is 6.61 Å². The van der Waals surface area contributed by atoms with Crippen molar-refractivity contribution in [3.05, 3.63) is 62.2 Å². The summed E-state index contributed by atoms with van der Waals surface area (Å²) < 4.78 is 11.4. The zero-order valence-corrected chi connectivity index (χ0v) is 22.2. The summed E-state index contributed by atoms with van der Waals surface area (Å²) in [5, 5.41) is 5.25. The number of amides is 4. The Balaban J connectivity index is 1.70. The highest BCUT2D eigenvalue weighted by atomic mass is 79.9. The summed E-state index contributed by atoms with van der Waals surface area (Å²) in [5.41, 5.74) is 2.18. The number of imide groups is 1. The van der Waals surface area contributed by atoms with E-state index < -0.39 is 30.4 Å². The third-order valence-electron chi connectivity index (χ3n) is 4.91. The summed E-state index contributed by atoms with van der Waals surface area (Å²) in [7, 11) is 0. The van der Waals surface area contributed by atoms with E-state index in [0.29, 0.717) is 25.9 Å². The van der Waals surface area contributed by atoms with Gasteiger partial charge < -0.3 is 20.1 Å². The molecular formula is C24H23Br2N3O6. The Morgan fingerprint density at radius 3 is 2.46 bits per heavy atom. The van der Waals surface area contributed by atoms with Crippen molar-refractivity contribution >= 4 is 67.4 Å². The van der Waals surface area contributed by atoms with Crippen LogP contribution in [-0.2, 0) is 25.5 Å². The van der Waals surface area contributed by atoms with Gasteiger partial charge in [-0.05, 0) is 80.6 Å². The molecule has 1 saturated heterocycles. The molecule has 3 rings (SSSR count). The van der Waals surface area contributed by atoms with Crippen LogP contribution in [0, 0.1) is 0 Å². The van der Waals surface area contributed by atoms with E-state index in [0.717, 1.165) is 16.9 Å². The van der Waals surface area contributed by atoms with Crippen molar-refractivity contribution in [2.45, 2.75) is 20.3 Å². The highest BCUT2D eigenvalue weighted by Crippen LogP contribution is 2.35. The van der Waals surface area contributed by atoms with Gasteiger partial charge in [-0.1, -0.05) is 25.1 Å². The Morgan fingerprint density at radius 2 is 1.80 bits per heavy atom. The van der Waals surface area contributed by atoms with Crippen molar-refractivity contribution in [2.24, 2.45) is 0 Å². The number of ether oxygens (including phenoxy) is 2. The maximum atomic E-state index is 12.8. The van der Waals surface area contributed by atoms with Gasteiger partial charge in [-0.15, -0.1) is 0 Å². The standard InChI is InChI=1S/C24H23Br2N3O6/c1-3-15-7-5-6-8-18(15)27-20(30)12-29-23(32)19(28-24(29)33)11-14-9-16(25)22(17(26)10-14)35-13-21(31)34-4-2/h5-11H,3-4,12-13H2,1-2H3,(H,27,30)(H,28,33)/b19-11+. The number of rotatable bonds is 9. The minimum Gasteiger partial charge on any atom is -0.480 e. The molecule has 1 fully saturated rings. The van der Waals surface area contributed by atoms with Crippen LogP contribution in [0.25, 0.3) is 6.08 Å². The van der Waals surface area contributed by atoms with Crippen molar-refractivity contribution in [1.29, 1.82) is 0 Å². The van der Waals surface area contributed by atoms with Gasteiger partial charge in [0.25, 0.3) is 5.91 Å². The van der Waals surface area contributed by atoms with E-state index in [1.807, 2.05) is 19.1 Å². The van der Waals surface area contributed by atoms with Gasteiger partial charge in [-0.3, -0.25) is 9.59 Å². The number of hydrogen-bond acceptors (Lipinski definition) is 6. The van der Waals surface area contributed by atoms with E-state index in [-0.39, 0.29) is 18.9 Å². The number of halogens is 2. The third kappa shape index (κ3) is 6.70. The van der Waals surface area contributed by atoms with Crippen LogP contribution >= 0.6 is 31.9 Å². The minimum atomic E-state index is -0.687. The third-order valence-corrected chi connectivity index (χ3v) is 6.09. The topological polar surface area (TPSA) is 114 Å². The second-order valence-corrected chi connectivity index (χ2v) is 9.05. The van der Waals surface area contributed by atoms with Crippen LogP contribution < -0.4 is 15.4 Å². The maximum absolute atomic E-state index is 12.8. The smallest absolute Gasteiger partial charge is 0.344 e. The number of carbonyl (C=O) groups excluding carboxylic acids is 4. The van der Waals surface area contributed by atoms with Crippen LogP contribution in [0.3, 0.4) is 0 Å². The molecule has 2 aromatic rings. The largest absolute Gasteiger partial charge is 0.480 e. The predicted octanol–water partition coefficient (Wildman–Crippen LogP) is 4.25. The lowest BCUT2D eigenvalue weighted by molar-refractivity contribution is -0.145. The number of benzene rings is 2. The molecule has 4 amide bonds. The van der Waals surface area contributed by atoms with Gasteiger partial charge in [0, 0.05) is 5.69 Å². The van der Waals surface area contributed by atoms with Crippen molar-refractivity contribution in [2.75, 3.05) is 25.1 Å². The molecule has 0 bridgehead atoms. The van der Waals surface area contributed by atoms with Gasteiger partial charge in [0.2, 0.25) is 5.91 Å². The lowest BCUT2D eigenvalue weighted by atomic mass is 10.1. The van der Waals surface area contributed by atoms with E-state index in [1.165, 1.54) is 6.08 Å². The fourth-order valence-electron chi connectivity index (χ4n) is 3.30. The number of urea groups is 1. The molecule has 0 unspecified atom stereocenters. The number of hydrogen-bond donors (Lipinski definition) is 2. The van der Waals surface area contributed by atoms with E-state index in [4.69, 9.17) is 9.47 Å². The molecule has 0 spiro atoms. The molecule has 1 heterocycles.